The molecule has 4 atom stereocenters. The molecule has 1 saturated carbocycles. The highest BCUT2D eigenvalue weighted by molar-refractivity contribution is 6.06. The molecule has 5 aromatic rings. The first kappa shape index (κ1) is 51.4. The van der Waals surface area contributed by atoms with Gasteiger partial charge in [-0.1, -0.05) is 74.5 Å². The number of hydrogen-bond donors (Lipinski definition) is 3. The fourth-order valence-corrected chi connectivity index (χ4v) is 10.8. The number of fused-ring (bicyclic) bond motifs is 7. The van der Waals surface area contributed by atoms with Crippen LogP contribution in [0, 0.1) is 11.8 Å². The number of ether oxygens (including phenoxy) is 5. The molecule has 4 heterocycles. The third kappa shape index (κ3) is 10.3. The lowest BCUT2D eigenvalue weighted by Gasteiger charge is -2.24. The molecule has 1 fully saturated rings. The van der Waals surface area contributed by atoms with E-state index >= 15 is 0 Å². The number of nitrogens with zero attached hydrogens (tertiary/aromatic N) is 4. The van der Waals surface area contributed by atoms with E-state index in [1.54, 1.807) is 80.3 Å². The number of carbonyl (C=O) groups is 5. The summed E-state index contributed by atoms with van der Waals surface area (Å²) in [4.78, 5) is 80.6. The van der Waals surface area contributed by atoms with Gasteiger partial charge in [-0.25, -0.2) is 4.79 Å². The van der Waals surface area contributed by atoms with Gasteiger partial charge in [0, 0.05) is 61.4 Å². The fourth-order valence-electron chi connectivity index (χ4n) is 10.8. The van der Waals surface area contributed by atoms with Crippen LogP contribution in [0.5, 0.6) is 23.0 Å². The molecule has 17 heteroatoms. The monoisotopic (exact) mass is 1050 g/mol. The summed E-state index contributed by atoms with van der Waals surface area (Å²) < 4.78 is 29.4. The van der Waals surface area contributed by atoms with Crippen LogP contribution in [0.2, 0.25) is 0 Å². The first-order valence-corrected chi connectivity index (χ1v) is 26.5. The Morgan fingerprint density at radius 2 is 1.22 bits per heavy atom. The first-order valence-electron chi connectivity index (χ1n) is 26.5. The van der Waals surface area contributed by atoms with Gasteiger partial charge >= 0.3 is 6.09 Å². The van der Waals surface area contributed by atoms with Crippen LogP contribution in [0.1, 0.15) is 96.2 Å². The molecule has 6 aliphatic rings. The van der Waals surface area contributed by atoms with Crippen LogP contribution < -0.4 is 34.9 Å². The van der Waals surface area contributed by atoms with E-state index in [0.717, 1.165) is 39.8 Å². The minimum atomic E-state index is -0.951. The predicted octanol–water partition coefficient (Wildman–Crippen LogP) is 9.75. The zero-order valence-corrected chi connectivity index (χ0v) is 44.1. The maximum absolute atomic E-state index is 14.1. The average molecular weight is 1050 g/mol. The molecule has 17 nitrogen and oxygen atoms in total. The van der Waals surface area contributed by atoms with E-state index in [1.807, 2.05) is 67.1 Å². The second-order valence-corrected chi connectivity index (χ2v) is 20.7. The van der Waals surface area contributed by atoms with Gasteiger partial charge in [-0.05, 0) is 101 Å². The van der Waals surface area contributed by atoms with Crippen molar-refractivity contribution in [3.05, 3.63) is 143 Å². The number of methoxy groups -OCH3 is 2. The Morgan fingerprint density at radius 1 is 0.654 bits per heavy atom. The van der Waals surface area contributed by atoms with Crippen LogP contribution in [0.15, 0.2) is 125 Å². The van der Waals surface area contributed by atoms with Gasteiger partial charge < -0.3 is 49.4 Å². The smallest absolute Gasteiger partial charge is 0.407 e. The van der Waals surface area contributed by atoms with Gasteiger partial charge in [0.1, 0.15) is 18.7 Å². The highest BCUT2D eigenvalue weighted by Crippen LogP contribution is 2.46. The van der Waals surface area contributed by atoms with Crippen molar-refractivity contribution in [2.24, 2.45) is 21.8 Å². The third-order valence-corrected chi connectivity index (χ3v) is 15.2. The Hall–Kier alpha value is -8.73. The number of aliphatic imine (C=N–C) groups is 2. The van der Waals surface area contributed by atoms with Gasteiger partial charge in [0.15, 0.2) is 23.0 Å². The molecule has 2 unspecified atom stereocenters. The molecule has 0 saturated heterocycles. The van der Waals surface area contributed by atoms with Gasteiger partial charge in [-0.15, -0.1) is 0 Å². The lowest BCUT2D eigenvalue weighted by atomic mass is 9.98. The van der Waals surface area contributed by atoms with Crippen molar-refractivity contribution in [1.82, 2.24) is 20.4 Å². The second-order valence-electron chi connectivity index (χ2n) is 20.7. The van der Waals surface area contributed by atoms with Crippen LogP contribution in [0.4, 0.5) is 21.9 Å². The number of carbonyl (C=O) groups excluding carboxylic acids is 5. The summed E-state index contributed by atoms with van der Waals surface area (Å²) in [6.45, 7) is 5.85. The molecule has 5 aromatic carbocycles. The van der Waals surface area contributed by atoms with Crippen LogP contribution in [-0.2, 0) is 14.3 Å². The van der Waals surface area contributed by atoms with Crippen molar-refractivity contribution in [2.75, 3.05) is 39.4 Å². The molecule has 4 aliphatic heterocycles. The Labute approximate surface area is 452 Å². The summed E-state index contributed by atoms with van der Waals surface area (Å²) in [5.74, 6) is 0.583. The third-order valence-electron chi connectivity index (χ3n) is 15.2. The summed E-state index contributed by atoms with van der Waals surface area (Å²) in [7, 11) is 3.06. The topological polar surface area (TPSA) is 199 Å². The Bertz CT molecular complexity index is 3300. The predicted molar refractivity (Wildman–Crippen MR) is 295 cm³/mol. The molecule has 0 bridgehead atoms. The van der Waals surface area contributed by atoms with Crippen LogP contribution >= 0.6 is 0 Å². The minimum absolute atomic E-state index is 0.0883. The number of hydrogen-bond acceptors (Lipinski definition) is 12. The highest BCUT2D eigenvalue weighted by Gasteiger charge is 2.39. The van der Waals surface area contributed by atoms with Gasteiger partial charge in [0.2, 0.25) is 11.8 Å². The van der Waals surface area contributed by atoms with E-state index in [1.165, 1.54) is 25.5 Å². The van der Waals surface area contributed by atoms with Crippen molar-refractivity contribution in [3.63, 3.8) is 0 Å². The van der Waals surface area contributed by atoms with Crippen molar-refractivity contribution in [3.8, 4) is 34.1 Å². The van der Waals surface area contributed by atoms with Crippen LogP contribution in [0.3, 0.4) is 0 Å². The average Bonchev–Trinajstić information content (AvgIpc) is 4.20. The Balaban J connectivity index is 0.656. The number of nitrogens with one attached hydrogen (secondary N) is 3. The van der Waals surface area contributed by atoms with Crippen molar-refractivity contribution < 1.29 is 47.7 Å². The number of anilines is 1. The SMILES string of the molecule is COc1cc2c(cc1OCCCOc1cc3c(cc1OC)C(=O)N1C=C(C4CC4)CC1C=N3)N=CC1CC(c3ccc(NC(=O)[C@H](C)NC(=O)[C@@H](NC(=O)OCC4c5ccccc5-c5ccccc54)C(C)C)cc3)=CN1C2=O. The first-order chi connectivity index (χ1) is 37.8. The van der Waals surface area contributed by atoms with E-state index < -0.39 is 30.0 Å². The second kappa shape index (κ2) is 21.7. The van der Waals surface area contributed by atoms with E-state index in [0.29, 0.717) is 69.9 Å². The standard InChI is InChI=1S/C61H61N7O10/c1-34(2)56(66-61(73)78-33-49-45-13-8-6-11-43(45)44-12-7-9-14-46(44)49)58(70)64-35(3)57(69)65-40-19-17-37(18-20-40)39-24-42-30-63-51-28-55(53(75-5)26-48(51)60(72)68(42)32-39)77-22-10-21-76-54-27-50-47(25-52(54)74-4)59(71)67-31-38(36-15-16-36)23-41(67)29-62-50/h6-9,11-14,17-20,25-32,34-36,41-42,49,56H,10,15-16,21-24,33H2,1-5H3,(H,64,70)(H,65,69)(H,66,73)/t35-,41?,42?,56-/m0/s1. The lowest BCUT2D eigenvalue weighted by Crippen LogP contribution is -2.53. The number of rotatable bonds is 18. The lowest BCUT2D eigenvalue weighted by molar-refractivity contribution is -0.128. The molecule has 0 spiro atoms. The zero-order valence-electron chi connectivity index (χ0n) is 44.1. The van der Waals surface area contributed by atoms with Gasteiger partial charge in [-0.3, -0.25) is 29.2 Å². The molecule has 400 valence electrons. The quantitative estimate of drug-likeness (QED) is 0.0710. The Morgan fingerprint density at radius 3 is 1.78 bits per heavy atom. The number of benzene rings is 5. The van der Waals surface area contributed by atoms with Gasteiger partial charge in [0.05, 0.1) is 62.0 Å². The molecular formula is C61H61N7O10. The van der Waals surface area contributed by atoms with Crippen molar-refractivity contribution in [2.45, 2.75) is 83.0 Å². The molecule has 78 heavy (non-hydrogen) atoms. The Kier molecular flexibility index (Phi) is 14.3. The number of alkyl carbamates (subject to hydrolysis) is 1. The normalized spacial score (nSPS) is 18.4. The molecule has 0 radical (unpaired) electrons. The van der Waals surface area contributed by atoms with Crippen LogP contribution in [-0.4, -0.2) is 110 Å². The summed E-state index contributed by atoms with van der Waals surface area (Å²) in [5, 5.41) is 8.32. The highest BCUT2D eigenvalue weighted by atomic mass is 16.5. The summed E-state index contributed by atoms with van der Waals surface area (Å²) in [5.41, 5.74) is 9.81. The van der Waals surface area contributed by atoms with Crippen molar-refractivity contribution in [1.29, 1.82) is 0 Å². The summed E-state index contributed by atoms with van der Waals surface area (Å²) >= 11 is 0. The number of amides is 5. The minimum Gasteiger partial charge on any atom is -0.493 e. The van der Waals surface area contributed by atoms with E-state index in [9.17, 15) is 24.0 Å². The maximum Gasteiger partial charge on any atom is 0.407 e. The van der Waals surface area contributed by atoms with Crippen molar-refractivity contribution >= 4 is 64.8 Å². The fraction of sp³-hybridized carbons (Fsp3) is 0.328. The summed E-state index contributed by atoms with van der Waals surface area (Å²) in [6.07, 6.45) is 10.9. The van der Waals surface area contributed by atoms with Gasteiger partial charge in [-0.2, -0.15) is 0 Å². The zero-order chi connectivity index (χ0) is 54.2. The van der Waals surface area contributed by atoms with E-state index in [-0.39, 0.29) is 55.6 Å². The van der Waals surface area contributed by atoms with Crippen LogP contribution in [0.25, 0.3) is 16.7 Å². The molecule has 11 rings (SSSR count). The molecule has 2 aliphatic carbocycles. The maximum atomic E-state index is 14.1. The van der Waals surface area contributed by atoms with Gasteiger partial charge in [0.25, 0.3) is 11.8 Å². The van der Waals surface area contributed by atoms with E-state index in [2.05, 4.69) is 28.1 Å². The molecular weight excluding hydrogens is 991 g/mol. The molecule has 3 N–H and O–H groups in total. The van der Waals surface area contributed by atoms with E-state index in [4.69, 9.17) is 33.7 Å². The molecule has 0 aromatic heterocycles. The summed E-state index contributed by atoms with van der Waals surface area (Å²) in [6, 6.07) is 27.9. The largest absolute Gasteiger partial charge is 0.493 e. The molecule has 5 amide bonds.